The summed E-state index contributed by atoms with van der Waals surface area (Å²) in [6.45, 7) is 0. The number of anilines is 2. The van der Waals surface area contributed by atoms with Gasteiger partial charge in [-0.3, -0.25) is 0 Å². The normalized spacial score (nSPS) is 14.8. The molecule has 0 bridgehead atoms. The zero-order chi connectivity index (χ0) is 13.2. The van der Waals surface area contributed by atoms with Gasteiger partial charge in [0.05, 0.1) is 5.69 Å². The van der Waals surface area contributed by atoms with Crippen molar-refractivity contribution in [3.8, 4) is 10.4 Å². The van der Waals surface area contributed by atoms with Gasteiger partial charge in [-0.05, 0) is 50.0 Å². The van der Waals surface area contributed by atoms with Crippen molar-refractivity contribution in [2.24, 2.45) is 0 Å². The van der Waals surface area contributed by atoms with Crippen molar-refractivity contribution in [2.45, 2.75) is 25.7 Å². The fourth-order valence-corrected chi connectivity index (χ4v) is 3.49. The van der Waals surface area contributed by atoms with Gasteiger partial charge in [0.25, 0.3) is 0 Å². The molecule has 0 aromatic carbocycles. The molecular weight excluding hydrogens is 254 g/mol. The van der Waals surface area contributed by atoms with E-state index in [1.807, 2.05) is 6.07 Å². The van der Waals surface area contributed by atoms with Gasteiger partial charge in [-0.15, -0.1) is 11.3 Å². The molecule has 0 atom stereocenters. The molecule has 2 aromatic heterocycles. The van der Waals surface area contributed by atoms with Gasteiger partial charge in [-0.2, -0.15) is 0 Å². The van der Waals surface area contributed by atoms with Crippen LogP contribution in [0.1, 0.15) is 30.6 Å². The van der Waals surface area contributed by atoms with E-state index in [1.165, 1.54) is 30.6 Å². The molecule has 0 spiro atoms. The summed E-state index contributed by atoms with van der Waals surface area (Å²) in [6.07, 6.45) is 9.18. The Balaban J connectivity index is 1.92. The number of allylic oxidation sites excluding steroid dienone is 1. The predicted octanol–water partition coefficient (Wildman–Crippen LogP) is 3.93. The van der Waals surface area contributed by atoms with Crippen LogP contribution in [-0.4, -0.2) is 4.98 Å². The van der Waals surface area contributed by atoms with Crippen LogP contribution in [0.2, 0.25) is 0 Å². The average Bonchev–Trinajstić information content (AvgIpc) is 3.05. The smallest absolute Gasteiger partial charge is 0.147 e. The van der Waals surface area contributed by atoms with Crippen LogP contribution >= 0.6 is 11.3 Å². The van der Waals surface area contributed by atoms with Gasteiger partial charge in [-0.1, -0.05) is 5.57 Å². The summed E-state index contributed by atoms with van der Waals surface area (Å²) in [4.78, 5) is 6.44. The molecule has 4 heteroatoms. The lowest BCUT2D eigenvalue weighted by Crippen LogP contribution is -1.98. The molecule has 3 nitrogen and oxygen atoms in total. The molecule has 2 aromatic rings. The van der Waals surface area contributed by atoms with Gasteiger partial charge in [0.15, 0.2) is 0 Å². The minimum absolute atomic E-state index is 0.404. The minimum Gasteiger partial charge on any atom is -0.395 e. The van der Waals surface area contributed by atoms with Gasteiger partial charge < -0.3 is 11.5 Å². The van der Waals surface area contributed by atoms with Crippen LogP contribution in [0.15, 0.2) is 30.0 Å². The van der Waals surface area contributed by atoms with Crippen molar-refractivity contribution < 1.29 is 0 Å². The number of nitrogens with zero attached hydrogens (tertiary/aromatic N) is 1. The zero-order valence-electron chi connectivity index (χ0n) is 10.7. The second kappa shape index (κ2) is 5.05. The number of pyridine rings is 1. The molecule has 1 aliphatic rings. The Hall–Kier alpha value is -1.81. The maximum atomic E-state index is 5.99. The third-order valence-electron chi connectivity index (χ3n) is 3.51. The molecular formula is C15H17N3S. The Kier molecular flexibility index (Phi) is 3.25. The highest BCUT2D eigenvalue weighted by Crippen LogP contribution is 2.35. The summed E-state index contributed by atoms with van der Waals surface area (Å²) in [5.41, 5.74) is 14.9. The van der Waals surface area contributed by atoms with Gasteiger partial charge >= 0.3 is 0 Å². The number of aromatic nitrogens is 1. The largest absolute Gasteiger partial charge is 0.395 e. The van der Waals surface area contributed by atoms with E-state index >= 15 is 0 Å². The number of thiophene rings is 1. The number of nitrogens with two attached hydrogens (primary N) is 2. The van der Waals surface area contributed by atoms with Crippen LogP contribution in [0.3, 0.4) is 0 Å². The van der Waals surface area contributed by atoms with Crippen molar-refractivity contribution in [2.75, 3.05) is 11.5 Å². The highest BCUT2D eigenvalue weighted by atomic mass is 32.1. The van der Waals surface area contributed by atoms with Crippen LogP contribution in [-0.2, 0) is 0 Å². The first-order valence-electron chi connectivity index (χ1n) is 6.53. The predicted molar refractivity (Wildman–Crippen MR) is 82.8 cm³/mol. The molecule has 19 heavy (non-hydrogen) atoms. The third-order valence-corrected chi connectivity index (χ3v) is 4.57. The summed E-state index contributed by atoms with van der Waals surface area (Å²) in [5, 5.41) is 0. The molecule has 0 unspecified atom stereocenters. The number of hydrogen-bond donors (Lipinski definition) is 2. The van der Waals surface area contributed by atoms with Crippen molar-refractivity contribution in [1.29, 1.82) is 0 Å². The van der Waals surface area contributed by atoms with E-state index < -0.39 is 0 Å². The number of nitrogen functional groups attached to an aromatic ring is 2. The number of hydrogen-bond acceptors (Lipinski definition) is 4. The molecule has 0 aliphatic heterocycles. The van der Waals surface area contributed by atoms with E-state index in [1.54, 1.807) is 23.1 Å². The standard InChI is InChI=1S/C15H17N3S/c16-14-12(7-8-18-15(14)17)13-6-5-11(19-13)9-10-3-1-2-4-10/h5-9H,1-4,16H2,(H2,17,18). The monoisotopic (exact) mass is 271 g/mol. The summed E-state index contributed by atoms with van der Waals surface area (Å²) < 4.78 is 0. The summed E-state index contributed by atoms with van der Waals surface area (Å²) in [7, 11) is 0. The van der Waals surface area contributed by atoms with Gasteiger partial charge in [0, 0.05) is 21.5 Å². The Morgan fingerprint density at radius 2 is 1.89 bits per heavy atom. The first-order chi connectivity index (χ1) is 9.24. The van der Waals surface area contributed by atoms with Crippen molar-refractivity contribution in [1.82, 2.24) is 4.98 Å². The minimum atomic E-state index is 0.404. The lowest BCUT2D eigenvalue weighted by molar-refractivity contribution is 0.886. The third kappa shape index (κ3) is 2.49. The Labute approximate surface area is 117 Å². The first kappa shape index (κ1) is 12.2. The quantitative estimate of drug-likeness (QED) is 0.869. The maximum Gasteiger partial charge on any atom is 0.147 e. The molecule has 98 valence electrons. The molecule has 2 heterocycles. The van der Waals surface area contributed by atoms with Gasteiger partial charge in [0.1, 0.15) is 5.82 Å². The first-order valence-corrected chi connectivity index (χ1v) is 7.35. The lowest BCUT2D eigenvalue weighted by Gasteiger charge is -2.04. The van der Waals surface area contributed by atoms with Crippen LogP contribution in [0, 0.1) is 0 Å². The molecule has 0 amide bonds. The van der Waals surface area contributed by atoms with E-state index in [0.717, 1.165) is 10.4 Å². The van der Waals surface area contributed by atoms with Crippen LogP contribution in [0.25, 0.3) is 16.5 Å². The average molecular weight is 271 g/mol. The second-order valence-electron chi connectivity index (χ2n) is 4.87. The van der Waals surface area contributed by atoms with Crippen LogP contribution < -0.4 is 11.5 Å². The molecule has 4 N–H and O–H groups in total. The van der Waals surface area contributed by atoms with Gasteiger partial charge in [0.2, 0.25) is 0 Å². The van der Waals surface area contributed by atoms with E-state index in [4.69, 9.17) is 11.5 Å². The van der Waals surface area contributed by atoms with Gasteiger partial charge in [-0.25, -0.2) is 4.98 Å². The molecule has 1 saturated carbocycles. The van der Waals surface area contributed by atoms with E-state index in [9.17, 15) is 0 Å². The topological polar surface area (TPSA) is 64.9 Å². The van der Waals surface area contributed by atoms with E-state index in [2.05, 4.69) is 23.2 Å². The maximum absolute atomic E-state index is 5.99. The molecule has 1 aliphatic carbocycles. The SMILES string of the molecule is Nc1nccc(-c2ccc(C=C3CCCC3)s2)c1N. The van der Waals surface area contributed by atoms with Crippen molar-refractivity contribution >= 4 is 28.9 Å². The van der Waals surface area contributed by atoms with Crippen molar-refractivity contribution in [3.05, 3.63) is 34.8 Å². The molecule has 0 radical (unpaired) electrons. The van der Waals surface area contributed by atoms with E-state index in [-0.39, 0.29) is 0 Å². The highest BCUT2D eigenvalue weighted by Gasteiger charge is 2.10. The fraction of sp³-hybridized carbons (Fsp3) is 0.267. The lowest BCUT2D eigenvalue weighted by atomic mass is 10.2. The van der Waals surface area contributed by atoms with Crippen LogP contribution in [0.5, 0.6) is 0 Å². The second-order valence-corrected chi connectivity index (χ2v) is 5.98. The van der Waals surface area contributed by atoms with Crippen molar-refractivity contribution in [3.63, 3.8) is 0 Å². The molecule has 1 fully saturated rings. The molecule has 0 saturated heterocycles. The summed E-state index contributed by atoms with van der Waals surface area (Å²) in [5.74, 6) is 0.404. The summed E-state index contributed by atoms with van der Waals surface area (Å²) in [6, 6.07) is 6.18. The fourth-order valence-electron chi connectivity index (χ4n) is 2.45. The zero-order valence-corrected chi connectivity index (χ0v) is 11.5. The van der Waals surface area contributed by atoms with Crippen LogP contribution in [0.4, 0.5) is 11.5 Å². The summed E-state index contributed by atoms with van der Waals surface area (Å²) >= 11 is 1.76. The number of rotatable bonds is 2. The van der Waals surface area contributed by atoms with E-state index in [0.29, 0.717) is 11.5 Å². The highest BCUT2D eigenvalue weighted by molar-refractivity contribution is 7.16. The Bertz CT molecular complexity index is 620. The Morgan fingerprint density at radius 1 is 1.11 bits per heavy atom. The molecule has 3 rings (SSSR count). The Morgan fingerprint density at radius 3 is 2.68 bits per heavy atom.